The lowest BCUT2D eigenvalue weighted by Gasteiger charge is -2.27. The lowest BCUT2D eigenvalue weighted by Crippen LogP contribution is -2.29. The van der Waals surface area contributed by atoms with E-state index in [0.29, 0.717) is 11.3 Å². The largest absolute Gasteiger partial charge is 0.872 e. The van der Waals surface area contributed by atoms with E-state index >= 15 is 0 Å². The minimum atomic E-state index is -0.759. The van der Waals surface area contributed by atoms with Crippen LogP contribution in [0.4, 0.5) is 0 Å². The minimum absolute atomic E-state index is 0.00391. The van der Waals surface area contributed by atoms with Gasteiger partial charge >= 0.3 is 0 Å². The van der Waals surface area contributed by atoms with E-state index in [-0.39, 0.29) is 18.2 Å². The van der Waals surface area contributed by atoms with Gasteiger partial charge in [-0.1, -0.05) is 49.1 Å². The monoisotopic (exact) mass is 456 g/mol. The van der Waals surface area contributed by atoms with E-state index in [1.807, 2.05) is 50.2 Å². The van der Waals surface area contributed by atoms with Gasteiger partial charge in [-0.3, -0.25) is 9.59 Å². The highest BCUT2D eigenvalue weighted by Crippen LogP contribution is 2.39. The molecule has 34 heavy (non-hydrogen) atoms. The van der Waals surface area contributed by atoms with Crippen molar-refractivity contribution >= 4 is 17.4 Å². The van der Waals surface area contributed by atoms with Crippen LogP contribution < -0.4 is 14.8 Å². The van der Waals surface area contributed by atoms with Crippen molar-refractivity contribution in [3.8, 4) is 5.75 Å². The highest BCUT2D eigenvalue weighted by atomic mass is 16.5. The number of benzene rings is 2. The Morgan fingerprint density at radius 1 is 1.03 bits per heavy atom. The molecule has 6 nitrogen and oxygen atoms in total. The first kappa shape index (κ1) is 23.2. The predicted octanol–water partition coefficient (Wildman–Crippen LogP) is 3.27. The number of ketones is 1. The molecular formula is C28H28N2O4. The SMILES string of the molecule is CCc1ccc(C2C(=C([O-])c3ccc(OC(C)C)cc3)C(=O)C(=O)N2Cc2ccc[nH+]c2)cc1. The van der Waals surface area contributed by atoms with Gasteiger partial charge in [0.1, 0.15) is 5.75 Å². The zero-order valence-corrected chi connectivity index (χ0v) is 19.6. The van der Waals surface area contributed by atoms with Crippen LogP contribution in [0.5, 0.6) is 5.75 Å². The molecule has 1 amide bonds. The molecule has 1 N–H and O–H groups in total. The molecule has 0 bridgehead atoms. The first-order valence-corrected chi connectivity index (χ1v) is 11.5. The second kappa shape index (κ2) is 9.91. The zero-order chi connectivity index (χ0) is 24.2. The van der Waals surface area contributed by atoms with Gasteiger partial charge in [-0.2, -0.15) is 0 Å². The quantitative estimate of drug-likeness (QED) is 0.310. The van der Waals surface area contributed by atoms with Gasteiger partial charge in [0.25, 0.3) is 5.91 Å². The number of carbonyl (C=O) groups is 2. The van der Waals surface area contributed by atoms with Crippen LogP contribution in [0.2, 0.25) is 0 Å². The van der Waals surface area contributed by atoms with E-state index in [0.717, 1.165) is 23.1 Å². The van der Waals surface area contributed by atoms with Gasteiger partial charge in [-0.05, 0) is 55.2 Å². The van der Waals surface area contributed by atoms with Crippen molar-refractivity contribution < 1.29 is 24.4 Å². The third-order valence-corrected chi connectivity index (χ3v) is 5.85. The molecule has 2 aromatic carbocycles. The summed E-state index contributed by atoms with van der Waals surface area (Å²) in [6.45, 7) is 6.11. The number of amides is 1. The van der Waals surface area contributed by atoms with E-state index in [1.165, 1.54) is 4.90 Å². The number of likely N-dealkylation sites (tertiary alicyclic amines) is 1. The zero-order valence-electron chi connectivity index (χ0n) is 19.6. The number of aryl methyl sites for hydroxylation is 1. The van der Waals surface area contributed by atoms with Crippen molar-refractivity contribution in [1.29, 1.82) is 0 Å². The van der Waals surface area contributed by atoms with Crippen molar-refractivity contribution in [3.63, 3.8) is 0 Å². The van der Waals surface area contributed by atoms with Gasteiger partial charge in [0.2, 0.25) is 5.78 Å². The molecule has 0 saturated carbocycles. The topological polar surface area (TPSA) is 83.8 Å². The van der Waals surface area contributed by atoms with Crippen LogP contribution in [0.1, 0.15) is 49.1 Å². The fraction of sp³-hybridized carbons (Fsp3) is 0.250. The first-order valence-electron chi connectivity index (χ1n) is 11.5. The molecular weight excluding hydrogens is 428 g/mol. The molecule has 0 radical (unpaired) electrons. The minimum Gasteiger partial charge on any atom is -0.872 e. The van der Waals surface area contributed by atoms with E-state index in [2.05, 4.69) is 11.9 Å². The van der Waals surface area contributed by atoms with Crippen LogP contribution in [-0.2, 0) is 22.6 Å². The van der Waals surface area contributed by atoms with Crippen molar-refractivity contribution in [3.05, 3.63) is 101 Å². The summed E-state index contributed by atoms with van der Waals surface area (Å²) in [6, 6.07) is 17.4. The number of rotatable bonds is 7. The maximum absolute atomic E-state index is 13.6. The summed E-state index contributed by atoms with van der Waals surface area (Å²) >= 11 is 0. The molecule has 6 heteroatoms. The van der Waals surface area contributed by atoms with Gasteiger partial charge in [0.05, 0.1) is 18.7 Å². The average molecular weight is 457 g/mol. The van der Waals surface area contributed by atoms with Crippen molar-refractivity contribution in [2.45, 2.75) is 45.9 Å². The van der Waals surface area contributed by atoms with Crippen LogP contribution in [0.15, 0.2) is 78.6 Å². The molecule has 174 valence electrons. The third kappa shape index (κ3) is 4.71. The van der Waals surface area contributed by atoms with Crippen molar-refractivity contribution in [1.82, 2.24) is 4.90 Å². The molecule has 3 aromatic rings. The van der Waals surface area contributed by atoms with E-state index in [4.69, 9.17) is 4.74 Å². The number of nitrogens with one attached hydrogen (secondary N) is 1. The Balaban J connectivity index is 1.79. The van der Waals surface area contributed by atoms with E-state index in [9.17, 15) is 14.7 Å². The van der Waals surface area contributed by atoms with Crippen LogP contribution in [-0.4, -0.2) is 22.7 Å². The van der Waals surface area contributed by atoms with Gasteiger partial charge in [-0.15, -0.1) is 0 Å². The lowest BCUT2D eigenvalue weighted by atomic mass is 9.94. The predicted molar refractivity (Wildman–Crippen MR) is 126 cm³/mol. The number of carbonyl (C=O) groups excluding carboxylic acids is 2. The summed E-state index contributed by atoms with van der Waals surface area (Å²) in [5.74, 6) is -1.23. The number of nitrogens with zero attached hydrogens (tertiary/aromatic N) is 1. The summed E-state index contributed by atoms with van der Waals surface area (Å²) in [5, 5.41) is 13.6. The molecule has 1 aliphatic heterocycles. The first-order chi connectivity index (χ1) is 16.4. The average Bonchev–Trinajstić information content (AvgIpc) is 3.09. The summed E-state index contributed by atoms with van der Waals surface area (Å²) in [6.07, 6.45) is 4.42. The van der Waals surface area contributed by atoms with Crippen LogP contribution in [0.25, 0.3) is 5.76 Å². The second-order valence-electron chi connectivity index (χ2n) is 8.61. The molecule has 0 spiro atoms. The number of hydrogen-bond acceptors (Lipinski definition) is 4. The number of pyridine rings is 1. The number of Topliss-reactive ketones (excluding diaryl/α,β-unsaturated/α-hetero) is 1. The third-order valence-electron chi connectivity index (χ3n) is 5.85. The summed E-state index contributed by atoms with van der Waals surface area (Å²) in [5.41, 5.74) is 3.03. The van der Waals surface area contributed by atoms with E-state index in [1.54, 1.807) is 36.7 Å². The molecule has 1 aliphatic rings. The number of aromatic nitrogens is 1. The molecule has 1 fully saturated rings. The Morgan fingerprint density at radius 3 is 2.32 bits per heavy atom. The molecule has 0 aliphatic carbocycles. The Hall–Kier alpha value is -3.93. The molecule has 1 unspecified atom stereocenters. The van der Waals surface area contributed by atoms with Gasteiger partial charge in [0, 0.05) is 17.2 Å². The fourth-order valence-electron chi connectivity index (χ4n) is 4.15. The highest BCUT2D eigenvalue weighted by Gasteiger charge is 2.44. The van der Waals surface area contributed by atoms with Gasteiger partial charge in [0.15, 0.2) is 12.4 Å². The van der Waals surface area contributed by atoms with Gasteiger partial charge < -0.3 is 14.7 Å². The maximum atomic E-state index is 13.6. The maximum Gasteiger partial charge on any atom is 0.295 e. The Kier molecular flexibility index (Phi) is 6.77. The van der Waals surface area contributed by atoms with Crippen LogP contribution >= 0.6 is 0 Å². The Labute approximate surface area is 199 Å². The van der Waals surface area contributed by atoms with Gasteiger partial charge in [-0.25, -0.2) is 4.98 Å². The summed E-state index contributed by atoms with van der Waals surface area (Å²) in [4.78, 5) is 30.8. The van der Waals surface area contributed by atoms with E-state index < -0.39 is 23.5 Å². The number of hydrogen-bond donors (Lipinski definition) is 0. The van der Waals surface area contributed by atoms with Crippen LogP contribution in [0, 0.1) is 0 Å². The molecule has 1 atom stereocenters. The number of ether oxygens (including phenoxy) is 1. The smallest absolute Gasteiger partial charge is 0.295 e. The Morgan fingerprint density at radius 2 is 1.74 bits per heavy atom. The molecule has 1 saturated heterocycles. The van der Waals surface area contributed by atoms with Crippen molar-refractivity contribution in [2.24, 2.45) is 0 Å². The number of H-pyrrole nitrogens is 1. The summed E-state index contributed by atoms with van der Waals surface area (Å²) < 4.78 is 5.66. The second-order valence-corrected chi connectivity index (χ2v) is 8.61. The lowest BCUT2D eigenvalue weighted by molar-refractivity contribution is -0.378. The number of aromatic amines is 1. The molecule has 2 heterocycles. The molecule has 1 aromatic heterocycles. The standard InChI is InChI=1S/C28H28N2O4/c1-4-19-7-9-21(10-8-19)25-24(26(31)22-11-13-23(14-12-22)34-18(2)3)27(32)28(33)30(25)17-20-6-5-15-29-16-20/h5-16,18,25,31H,4,17H2,1-3H3. The van der Waals surface area contributed by atoms with Crippen LogP contribution in [0.3, 0.4) is 0 Å². The molecule has 4 rings (SSSR count). The highest BCUT2D eigenvalue weighted by molar-refractivity contribution is 6.46. The normalized spacial score (nSPS) is 17.4. The Bertz CT molecular complexity index is 1200. The summed E-state index contributed by atoms with van der Waals surface area (Å²) in [7, 11) is 0. The fourth-order valence-corrected chi connectivity index (χ4v) is 4.15. The van der Waals surface area contributed by atoms with Crippen molar-refractivity contribution in [2.75, 3.05) is 0 Å².